The van der Waals surface area contributed by atoms with Gasteiger partial charge in [-0.3, -0.25) is 14.5 Å². The smallest absolute Gasteiger partial charge is 0.305 e. The maximum atomic E-state index is 12.0. The topological polar surface area (TPSA) is 85.3 Å². The molecule has 0 spiro atoms. The number of aliphatic hydroxyl groups excluding tert-OH is 1. The monoisotopic (exact) mass is 577 g/mol. The maximum Gasteiger partial charge on any atom is 0.305 e. The summed E-state index contributed by atoms with van der Waals surface area (Å²) in [7, 11) is 1.36. The molecule has 2 aliphatic heterocycles. The molecule has 8 heteroatoms. The fourth-order valence-corrected chi connectivity index (χ4v) is 7.45. The number of hydrogen-bond donors (Lipinski definition) is 1. The number of allylic oxidation sites excluding steroid dienone is 2. The summed E-state index contributed by atoms with van der Waals surface area (Å²) in [4.78, 5) is 27.0. The van der Waals surface area contributed by atoms with E-state index in [1.54, 1.807) is 11.8 Å². The average Bonchev–Trinajstić information content (AvgIpc) is 3.67. The highest BCUT2D eigenvalue weighted by atomic mass is 32.2. The zero-order valence-corrected chi connectivity index (χ0v) is 24.4. The van der Waals surface area contributed by atoms with Gasteiger partial charge in [0, 0.05) is 29.0 Å². The zero-order valence-electron chi connectivity index (χ0n) is 23.6. The lowest BCUT2D eigenvalue weighted by Crippen LogP contribution is -2.25. The first-order chi connectivity index (χ1) is 20.1. The molecule has 3 unspecified atom stereocenters. The Bertz CT molecular complexity index is 1270. The quantitative estimate of drug-likeness (QED) is 0.175. The predicted molar refractivity (Wildman–Crippen MR) is 160 cm³/mol. The van der Waals surface area contributed by atoms with E-state index in [4.69, 9.17) is 9.47 Å². The third-order valence-corrected chi connectivity index (χ3v) is 9.56. The summed E-state index contributed by atoms with van der Waals surface area (Å²) < 4.78 is 16.5. The average molecular weight is 578 g/mol. The largest absolute Gasteiger partial charge is 0.493 e. The summed E-state index contributed by atoms with van der Waals surface area (Å²) in [6, 6.07) is 13.5. The summed E-state index contributed by atoms with van der Waals surface area (Å²) in [6.07, 6.45) is 9.65. The number of benzene rings is 2. The van der Waals surface area contributed by atoms with Gasteiger partial charge in [-0.1, -0.05) is 30.4 Å². The van der Waals surface area contributed by atoms with Crippen LogP contribution in [-0.4, -0.2) is 62.2 Å². The fraction of sp³-hybridized carbons (Fsp3) is 0.455. The Morgan fingerprint density at radius 2 is 1.93 bits per heavy atom. The van der Waals surface area contributed by atoms with E-state index < -0.39 is 6.10 Å². The number of carbonyl (C=O) groups excluding carboxylic acids is 2. The van der Waals surface area contributed by atoms with Crippen molar-refractivity contribution < 1.29 is 28.9 Å². The second kappa shape index (κ2) is 14.2. The number of methoxy groups -OCH3 is 1. The molecule has 0 bridgehead atoms. The van der Waals surface area contributed by atoms with Gasteiger partial charge in [0.05, 0.1) is 25.4 Å². The molecule has 41 heavy (non-hydrogen) atoms. The van der Waals surface area contributed by atoms with Gasteiger partial charge in [0.25, 0.3) is 0 Å². The van der Waals surface area contributed by atoms with Crippen molar-refractivity contribution in [1.29, 1.82) is 0 Å². The van der Waals surface area contributed by atoms with Crippen LogP contribution in [0.25, 0.3) is 0 Å². The van der Waals surface area contributed by atoms with Crippen molar-refractivity contribution in [3.63, 3.8) is 0 Å². The Labute approximate surface area is 246 Å². The summed E-state index contributed by atoms with van der Waals surface area (Å²) in [5, 5.41) is 11.7. The molecule has 3 atom stereocenters. The Balaban J connectivity index is 1.29. The molecule has 2 aromatic carbocycles. The lowest BCUT2D eigenvalue weighted by Gasteiger charge is -2.28. The summed E-state index contributed by atoms with van der Waals surface area (Å²) in [6.45, 7) is 4.23. The Kier molecular flexibility index (Phi) is 10.2. The molecule has 1 N–H and O–H groups in total. The van der Waals surface area contributed by atoms with E-state index in [9.17, 15) is 14.7 Å². The van der Waals surface area contributed by atoms with E-state index in [2.05, 4.69) is 21.8 Å². The van der Waals surface area contributed by atoms with Crippen LogP contribution in [0.4, 0.5) is 0 Å². The van der Waals surface area contributed by atoms with Gasteiger partial charge in [-0.2, -0.15) is 0 Å². The van der Waals surface area contributed by atoms with Crippen LogP contribution in [0.3, 0.4) is 0 Å². The Hall–Kier alpha value is -3.07. The molecule has 2 aromatic rings. The number of hydrogen-bond acceptors (Lipinski definition) is 8. The third-order valence-electron chi connectivity index (χ3n) is 8.09. The van der Waals surface area contributed by atoms with Crippen molar-refractivity contribution in [3.8, 4) is 11.5 Å². The van der Waals surface area contributed by atoms with Gasteiger partial charge in [0.1, 0.15) is 18.1 Å². The van der Waals surface area contributed by atoms with Crippen molar-refractivity contribution in [2.45, 2.75) is 49.9 Å². The number of ether oxygens (including phenoxy) is 3. The molecule has 0 aromatic heterocycles. The standard InChI is InChI=1S/C33H39NO6S/c1-38-30(36)9-6-19-40-28-15-12-24(21-25(28)22-35)33-31(27-7-2-3-8-29(27)41-33)32(37)23-10-13-26(14-11-23)39-20-18-34-16-4-5-17-34/h3,8,10-15,21-22,31-33,37H,2,4-7,9,16-20H2,1H3. The minimum atomic E-state index is -0.695. The van der Waals surface area contributed by atoms with Crippen molar-refractivity contribution in [2.24, 2.45) is 5.92 Å². The van der Waals surface area contributed by atoms with Crippen LogP contribution in [0.2, 0.25) is 0 Å². The number of aldehydes is 1. The molecule has 1 aliphatic carbocycles. The van der Waals surface area contributed by atoms with E-state index >= 15 is 0 Å². The van der Waals surface area contributed by atoms with Crippen molar-refractivity contribution >= 4 is 24.0 Å². The highest BCUT2D eigenvalue weighted by Crippen LogP contribution is 2.58. The number of carbonyl (C=O) groups is 2. The van der Waals surface area contributed by atoms with Gasteiger partial charge in [-0.25, -0.2) is 0 Å². The third kappa shape index (κ3) is 7.23. The molecule has 0 amide bonds. The van der Waals surface area contributed by atoms with Crippen molar-refractivity contribution in [2.75, 3.05) is 40.0 Å². The SMILES string of the molecule is COC(=O)CCCOc1ccc(C2SC3=C(CCC=C3)C2C(O)c2ccc(OCCN3CCCC3)cc2)cc1C=O. The van der Waals surface area contributed by atoms with E-state index in [0.29, 0.717) is 30.9 Å². The van der Waals surface area contributed by atoms with Crippen LogP contribution in [0.5, 0.6) is 11.5 Å². The molecule has 3 aliphatic rings. The van der Waals surface area contributed by atoms with Gasteiger partial charge in [-0.05, 0) is 86.2 Å². The number of thioether (sulfide) groups is 1. The number of nitrogens with zero attached hydrogens (tertiary/aromatic N) is 1. The zero-order chi connectivity index (χ0) is 28.6. The number of likely N-dealkylation sites (tertiary alicyclic amines) is 1. The maximum absolute atomic E-state index is 12.0. The van der Waals surface area contributed by atoms with E-state index in [-0.39, 0.29) is 23.6 Å². The van der Waals surface area contributed by atoms with Crippen LogP contribution < -0.4 is 9.47 Å². The number of rotatable bonds is 13. The first kappa shape index (κ1) is 29.4. The van der Waals surface area contributed by atoms with Crippen LogP contribution in [0.1, 0.15) is 71.4 Å². The van der Waals surface area contributed by atoms with E-state index in [1.807, 2.05) is 42.5 Å². The minimum Gasteiger partial charge on any atom is -0.493 e. The lowest BCUT2D eigenvalue weighted by molar-refractivity contribution is -0.140. The van der Waals surface area contributed by atoms with Crippen LogP contribution >= 0.6 is 11.8 Å². The normalized spacial score (nSPS) is 21.0. The van der Waals surface area contributed by atoms with Gasteiger partial charge in [0.15, 0.2) is 6.29 Å². The van der Waals surface area contributed by atoms with E-state index in [1.165, 1.54) is 30.4 Å². The van der Waals surface area contributed by atoms with Gasteiger partial charge in [0.2, 0.25) is 0 Å². The summed E-state index contributed by atoms with van der Waals surface area (Å²) in [5.74, 6) is 0.906. The molecule has 1 saturated heterocycles. The first-order valence-corrected chi connectivity index (χ1v) is 15.4. The molecule has 5 rings (SSSR count). The molecule has 7 nitrogen and oxygen atoms in total. The molecular weight excluding hydrogens is 538 g/mol. The predicted octanol–water partition coefficient (Wildman–Crippen LogP) is 6.05. The molecule has 218 valence electrons. The van der Waals surface area contributed by atoms with Gasteiger partial charge < -0.3 is 19.3 Å². The fourth-order valence-electron chi connectivity index (χ4n) is 5.87. The number of esters is 1. The first-order valence-electron chi connectivity index (χ1n) is 14.6. The minimum absolute atomic E-state index is 0.0405. The molecule has 1 fully saturated rings. The lowest BCUT2D eigenvalue weighted by atomic mass is 9.80. The van der Waals surface area contributed by atoms with Gasteiger partial charge >= 0.3 is 5.97 Å². The number of aliphatic hydroxyl groups is 1. The van der Waals surface area contributed by atoms with Crippen LogP contribution in [0.15, 0.2) is 65.1 Å². The van der Waals surface area contributed by atoms with Crippen LogP contribution in [0, 0.1) is 5.92 Å². The summed E-state index contributed by atoms with van der Waals surface area (Å²) in [5.41, 5.74) is 3.58. The molecule has 2 heterocycles. The second-order valence-electron chi connectivity index (χ2n) is 10.7. The highest BCUT2D eigenvalue weighted by Gasteiger charge is 2.41. The second-order valence-corrected chi connectivity index (χ2v) is 11.9. The molecular formula is C33H39NO6S. The van der Waals surface area contributed by atoms with Crippen LogP contribution in [-0.2, 0) is 9.53 Å². The van der Waals surface area contributed by atoms with Crippen molar-refractivity contribution in [1.82, 2.24) is 4.90 Å². The Morgan fingerprint density at radius 3 is 2.68 bits per heavy atom. The van der Waals surface area contributed by atoms with Gasteiger partial charge in [-0.15, -0.1) is 11.8 Å². The van der Waals surface area contributed by atoms with Crippen molar-refractivity contribution in [3.05, 3.63) is 81.8 Å². The Morgan fingerprint density at radius 1 is 1.12 bits per heavy atom. The van der Waals surface area contributed by atoms with E-state index in [0.717, 1.165) is 55.6 Å². The summed E-state index contributed by atoms with van der Waals surface area (Å²) >= 11 is 1.75. The molecule has 0 radical (unpaired) electrons. The molecule has 0 saturated carbocycles. The highest BCUT2D eigenvalue weighted by molar-refractivity contribution is 8.03.